The van der Waals surface area contributed by atoms with E-state index in [1.807, 2.05) is 0 Å². The summed E-state index contributed by atoms with van der Waals surface area (Å²) in [5.41, 5.74) is -0.408. The van der Waals surface area contributed by atoms with E-state index < -0.39 is 23.1 Å². The Kier molecular flexibility index (Phi) is 23.9. The Hall–Kier alpha value is -1.14. The van der Waals surface area contributed by atoms with E-state index in [-0.39, 0.29) is 6.42 Å². The molecule has 0 heterocycles. The molecule has 0 aliphatic rings. The molecule has 0 amide bonds. The molecule has 0 aromatic carbocycles. The molecular formula is C33H64O6. The lowest BCUT2D eigenvalue weighted by Crippen LogP contribution is -2.48. The lowest BCUT2D eigenvalue weighted by atomic mass is 9.68. The number of aliphatic hydroxyl groups is 2. The van der Waals surface area contributed by atoms with Crippen LogP contribution in [0.2, 0.25) is 0 Å². The first kappa shape index (κ1) is 37.9. The van der Waals surface area contributed by atoms with Crippen LogP contribution in [-0.2, 0) is 9.59 Å². The van der Waals surface area contributed by atoms with E-state index in [4.69, 9.17) is 10.2 Å². The Balaban J connectivity index is 4.18. The molecular weight excluding hydrogens is 492 g/mol. The molecule has 0 aromatic rings. The number of rotatable bonds is 30. The minimum atomic E-state index is -1.60. The molecule has 0 aliphatic carbocycles. The van der Waals surface area contributed by atoms with Gasteiger partial charge in [-0.1, -0.05) is 129 Å². The Morgan fingerprint density at radius 1 is 0.462 bits per heavy atom. The lowest BCUT2D eigenvalue weighted by molar-refractivity contribution is -0.255. The van der Waals surface area contributed by atoms with Gasteiger partial charge in [-0.05, 0) is 38.5 Å². The van der Waals surface area contributed by atoms with Gasteiger partial charge in [-0.3, -0.25) is 9.59 Å². The third-order valence-electron chi connectivity index (χ3n) is 8.75. The molecule has 0 rings (SSSR count). The van der Waals surface area contributed by atoms with Crippen molar-refractivity contribution in [2.45, 2.75) is 193 Å². The first-order valence-electron chi connectivity index (χ1n) is 16.6. The maximum Gasteiger partial charge on any atom is 0.303 e. The van der Waals surface area contributed by atoms with Crippen molar-refractivity contribution in [3.8, 4) is 0 Å². The lowest BCUT2D eigenvalue weighted by Gasteiger charge is -2.44. The number of hydrogen-bond donors (Lipinski definition) is 4. The number of carbonyl (C=O) groups is 2. The summed E-state index contributed by atoms with van der Waals surface area (Å²) in [5, 5.41) is 39.9. The topological polar surface area (TPSA) is 115 Å². The van der Waals surface area contributed by atoms with E-state index in [1.54, 1.807) is 0 Å². The highest BCUT2D eigenvalue weighted by molar-refractivity contribution is 5.66. The molecule has 232 valence electrons. The average Bonchev–Trinajstić information content (AvgIpc) is 2.89. The first-order chi connectivity index (χ1) is 18.7. The fraction of sp³-hybridized carbons (Fsp3) is 0.939. The highest BCUT2D eigenvalue weighted by atomic mass is 16.5. The third-order valence-corrected chi connectivity index (χ3v) is 8.75. The van der Waals surface area contributed by atoms with E-state index in [1.165, 1.54) is 44.9 Å². The van der Waals surface area contributed by atoms with Crippen LogP contribution in [-0.4, -0.2) is 38.2 Å². The van der Waals surface area contributed by atoms with E-state index in [0.717, 1.165) is 109 Å². The summed E-state index contributed by atoms with van der Waals surface area (Å²) in [4.78, 5) is 21.1. The summed E-state index contributed by atoms with van der Waals surface area (Å²) >= 11 is 0. The van der Waals surface area contributed by atoms with Crippen molar-refractivity contribution >= 4 is 11.9 Å². The van der Waals surface area contributed by atoms with Crippen molar-refractivity contribution in [2.75, 3.05) is 0 Å². The molecule has 39 heavy (non-hydrogen) atoms. The number of carboxylic acids is 2. The normalized spacial score (nSPS) is 13.4. The van der Waals surface area contributed by atoms with E-state index >= 15 is 0 Å². The molecule has 0 radical (unpaired) electrons. The highest BCUT2D eigenvalue weighted by Gasteiger charge is 2.46. The Labute approximate surface area is 240 Å². The molecule has 0 saturated heterocycles. The van der Waals surface area contributed by atoms with Crippen LogP contribution in [0, 0.1) is 5.41 Å². The van der Waals surface area contributed by atoms with Crippen LogP contribution in [0.5, 0.6) is 0 Å². The second-order valence-electron chi connectivity index (χ2n) is 12.1. The predicted molar refractivity (Wildman–Crippen MR) is 161 cm³/mol. The second-order valence-corrected chi connectivity index (χ2v) is 12.1. The molecule has 0 fully saturated rings. The molecule has 6 nitrogen and oxygen atoms in total. The fourth-order valence-electron chi connectivity index (χ4n) is 5.98. The SMILES string of the molecule is CCCCC(CC)(CCCCCCCCCCCCC(=O)O)C(O)(O)CCCCCCCCCCCC(=O)O. The Bertz CT molecular complexity index is 591. The van der Waals surface area contributed by atoms with Gasteiger partial charge in [0, 0.05) is 24.7 Å². The number of aliphatic carboxylic acids is 2. The van der Waals surface area contributed by atoms with Crippen LogP contribution in [0.4, 0.5) is 0 Å². The van der Waals surface area contributed by atoms with Gasteiger partial charge < -0.3 is 20.4 Å². The van der Waals surface area contributed by atoms with Crippen molar-refractivity contribution < 1.29 is 30.0 Å². The van der Waals surface area contributed by atoms with Gasteiger partial charge in [0.25, 0.3) is 0 Å². The maximum absolute atomic E-state index is 11.3. The summed E-state index contributed by atoms with van der Waals surface area (Å²) in [7, 11) is 0. The fourth-order valence-corrected chi connectivity index (χ4v) is 5.98. The summed E-state index contributed by atoms with van der Waals surface area (Å²) < 4.78 is 0. The number of carboxylic acid groups (broad SMARTS) is 2. The standard InChI is InChI=1S/C33H64O6/c1-3-5-27-32(4-2,28-23-19-15-11-7-6-9-13-17-21-25-30(34)35)33(38,39)29-24-20-16-12-8-10-14-18-22-26-31(36)37/h38-39H,3-29H2,1-2H3,(H,34,35)(H,36,37). The second kappa shape index (κ2) is 24.6. The summed E-state index contributed by atoms with van der Waals surface area (Å²) in [6.07, 6.45) is 26.4. The third kappa shape index (κ3) is 20.4. The zero-order valence-electron chi connectivity index (χ0n) is 25.7. The van der Waals surface area contributed by atoms with Crippen LogP contribution in [0.25, 0.3) is 0 Å². The average molecular weight is 557 g/mol. The smallest absolute Gasteiger partial charge is 0.303 e. The van der Waals surface area contributed by atoms with E-state index in [2.05, 4.69) is 13.8 Å². The predicted octanol–water partition coefficient (Wildman–Crippen LogP) is 9.40. The van der Waals surface area contributed by atoms with Gasteiger partial charge in [0.15, 0.2) is 5.79 Å². The molecule has 1 unspecified atom stereocenters. The van der Waals surface area contributed by atoms with Gasteiger partial charge in [0.1, 0.15) is 0 Å². The quantitative estimate of drug-likeness (QED) is 0.0517. The zero-order chi connectivity index (χ0) is 29.2. The monoisotopic (exact) mass is 556 g/mol. The molecule has 4 N–H and O–H groups in total. The van der Waals surface area contributed by atoms with Gasteiger partial charge in [0.05, 0.1) is 0 Å². The van der Waals surface area contributed by atoms with Crippen LogP contribution in [0.3, 0.4) is 0 Å². The van der Waals surface area contributed by atoms with Crippen molar-refractivity contribution in [1.82, 2.24) is 0 Å². The van der Waals surface area contributed by atoms with Gasteiger partial charge in [-0.25, -0.2) is 0 Å². The van der Waals surface area contributed by atoms with Crippen LogP contribution >= 0.6 is 0 Å². The molecule has 0 bridgehead atoms. The summed E-state index contributed by atoms with van der Waals surface area (Å²) in [6, 6.07) is 0. The van der Waals surface area contributed by atoms with Gasteiger partial charge in [-0.2, -0.15) is 0 Å². The van der Waals surface area contributed by atoms with Crippen molar-refractivity contribution in [2.24, 2.45) is 5.41 Å². The first-order valence-corrected chi connectivity index (χ1v) is 16.6. The minimum absolute atomic E-state index is 0.279. The minimum Gasteiger partial charge on any atom is -0.481 e. The molecule has 0 aromatic heterocycles. The van der Waals surface area contributed by atoms with Crippen LogP contribution in [0.15, 0.2) is 0 Å². The van der Waals surface area contributed by atoms with Gasteiger partial charge >= 0.3 is 11.9 Å². The molecule has 0 spiro atoms. The van der Waals surface area contributed by atoms with Crippen molar-refractivity contribution in [3.05, 3.63) is 0 Å². The zero-order valence-corrected chi connectivity index (χ0v) is 25.7. The maximum atomic E-state index is 11.3. The summed E-state index contributed by atoms with van der Waals surface area (Å²) in [6.45, 7) is 4.30. The van der Waals surface area contributed by atoms with E-state index in [0.29, 0.717) is 12.8 Å². The van der Waals surface area contributed by atoms with E-state index in [9.17, 15) is 19.8 Å². The molecule has 0 aliphatic heterocycles. The van der Waals surface area contributed by atoms with Crippen LogP contribution < -0.4 is 0 Å². The number of unbranched alkanes of at least 4 members (excludes halogenated alkanes) is 18. The summed E-state index contributed by atoms with van der Waals surface area (Å²) in [5.74, 6) is -2.99. The molecule has 0 saturated carbocycles. The molecule has 1 atom stereocenters. The highest BCUT2D eigenvalue weighted by Crippen LogP contribution is 2.45. The Morgan fingerprint density at radius 2 is 0.769 bits per heavy atom. The van der Waals surface area contributed by atoms with Gasteiger partial charge in [0.2, 0.25) is 0 Å². The van der Waals surface area contributed by atoms with Gasteiger partial charge in [-0.15, -0.1) is 0 Å². The van der Waals surface area contributed by atoms with Crippen LogP contribution in [0.1, 0.15) is 187 Å². The molecule has 6 heteroatoms. The largest absolute Gasteiger partial charge is 0.481 e. The van der Waals surface area contributed by atoms with Crippen molar-refractivity contribution in [1.29, 1.82) is 0 Å². The van der Waals surface area contributed by atoms with Crippen molar-refractivity contribution in [3.63, 3.8) is 0 Å². The number of hydrogen-bond acceptors (Lipinski definition) is 4. The Morgan fingerprint density at radius 3 is 1.10 bits per heavy atom.